The summed E-state index contributed by atoms with van der Waals surface area (Å²) in [5, 5.41) is 24.6. The number of rotatable bonds is 4. The van der Waals surface area contributed by atoms with Crippen molar-refractivity contribution in [3.8, 4) is 23.0 Å². The first kappa shape index (κ1) is 17.5. The van der Waals surface area contributed by atoms with Gasteiger partial charge in [0, 0.05) is 48.3 Å². The molecule has 2 saturated heterocycles. The molecule has 10 heteroatoms. The summed E-state index contributed by atoms with van der Waals surface area (Å²) in [6.07, 6.45) is 8.95. The van der Waals surface area contributed by atoms with Crippen LogP contribution in [-0.2, 0) is 4.74 Å². The lowest BCUT2D eigenvalue weighted by atomic mass is 9.95. The Bertz CT molecular complexity index is 1150. The predicted molar refractivity (Wildman–Crippen MR) is 107 cm³/mol. The third-order valence-corrected chi connectivity index (χ3v) is 5.64. The van der Waals surface area contributed by atoms with Gasteiger partial charge in [0.1, 0.15) is 11.8 Å². The maximum Gasteiger partial charge on any atom is 0.335 e. The lowest BCUT2D eigenvalue weighted by Gasteiger charge is -2.39. The van der Waals surface area contributed by atoms with Crippen LogP contribution in [0.25, 0.3) is 27.8 Å². The maximum absolute atomic E-state index is 6.01. The molecule has 0 aliphatic carbocycles. The Balaban J connectivity index is 1.25. The fraction of sp³-hybridized carbons (Fsp3) is 0.350. The Morgan fingerprint density at radius 1 is 1.10 bits per heavy atom. The van der Waals surface area contributed by atoms with Gasteiger partial charge in [-0.05, 0) is 18.2 Å². The summed E-state index contributed by atoms with van der Waals surface area (Å²) in [5.74, 6) is 0. The van der Waals surface area contributed by atoms with Crippen molar-refractivity contribution in [1.29, 1.82) is 0 Å². The van der Waals surface area contributed by atoms with Gasteiger partial charge >= 0.3 is 6.01 Å². The minimum Gasteiger partial charge on any atom is -0.459 e. The topological polar surface area (TPSA) is 116 Å². The predicted octanol–water partition coefficient (Wildman–Crippen LogP) is 1.50. The quantitative estimate of drug-likeness (QED) is 0.526. The molecular weight excluding hydrogens is 384 g/mol. The van der Waals surface area contributed by atoms with E-state index in [2.05, 4.69) is 35.8 Å². The minimum absolute atomic E-state index is 0.0757. The number of aromatic nitrogens is 7. The van der Waals surface area contributed by atoms with Crippen LogP contribution in [0.3, 0.4) is 0 Å². The number of nitrogens with zero attached hydrogens (tertiary/aromatic N) is 6. The number of piperidine rings is 1. The highest BCUT2D eigenvalue weighted by Gasteiger charge is 2.33. The monoisotopic (exact) mass is 404 g/mol. The van der Waals surface area contributed by atoms with Crippen molar-refractivity contribution in [3.63, 3.8) is 0 Å². The summed E-state index contributed by atoms with van der Waals surface area (Å²) < 4.78 is 13.4. The number of benzene rings is 1. The van der Waals surface area contributed by atoms with Gasteiger partial charge in [-0.25, -0.2) is 9.67 Å². The van der Waals surface area contributed by atoms with Gasteiger partial charge in [0.25, 0.3) is 0 Å². The van der Waals surface area contributed by atoms with E-state index in [1.165, 1.54) is 0 Å². The molecule has 4 aromatic rings. The molecule has 3 aromatic heterocycles. The zero-order valence-electron chi connectivity index (χ0n) is 16.1. The van der Waals surface area contributed by atoms with Crippen molar-refractivity contribution >= 4 is 10.9 Å². The Labute approximate surface area is 171 Å². The number of ether oxygens (including phenoxy) is 2. The second kappa shape index (κ2) is 7.15. The summed E-state index contributed by atoms with van der Waals surface area (Å²) in [5.41, 5.74) is 3.35. The SMILES string of the molecule is c1cnn(-c2ccc(-c3cnc(OC4C[C@H]5COC[C@@H](C4)N5)nn3)c3cn[nH]c23)c1. The van der Waals surface area contributed by atoms with E-state index in [-0.39, 0.29) is 6.10 Å². The van der Waals surface area contributed by atoms with Crippen LogP contribution in [0.15, 0.2) is 43.0 Å². The molecule has 3 atom stereocenters. The summed E-state index contributed by atoms with van der Waals surface area (Å²) >= 11 is 0. The van der Waals surface area contributed by atoms with Gasteiger partial charge < -0.3 is 14.8 Å². The van der Waals surface area contributed by atoms with E-state index in [1.54, 1.807) is 23.3 Å². The molecule has 0 amide bonds. The van der Waals surface area contributed by atoms with Crippen LogP contribution in [-0.4, -0.2) is 66.6 Å². The summed E-state index contributed by atoms with van der Waals surface area (Å²) in [6.45, 7) is 1.45. The highest BCUT2D eigenvalue weighted by Crippen LogP contribution is 2.30. The van der Waals surface area contributed by atoms with Crippen molar-refractivity contribution in [1.82, 2.24) is 40.5 Å². The summed E-state index contributed by atoms with van der Waals surface area (Å²) in [6, 6.07) is 6.81. The first-order valence-corrected chi connectivity index (χ1v) is 10.00. The number of hydrogen-bond donors (Lipinski definition) is 2. The van der Waals surface area contributed by atoms with Crippen LogP contribution in [0.4, 0.5) is 0 Å². The number of H-pyrrole nitrogens is 1. The van der Waals surface area contributed by atoms with Gasteiger partial charge in [0.05, 0.1) is 36.8 Å². The molecule has 0 radical (unpaired) electrons. The number of morpholine rings is 1. The average Bonchev–Trinajstić information content (AvgIpc) is 3.46. The fourth-order valence-corrected chi connectivity index (χ4v) is 4.32. The lowest BCUT2D eigenvalue weighted by Crippen LogP contribution is -2.56. The third kappa shape index (κ3) is 3.10. The van der Waals surface area contributed by atoms with Crippen molar-refractivity contribution in [3.05, 3.63) is 43.0 Å². The Kier molecular flexibility index (Phi) is 4.17. The Morgan fingerprint density at radius 2 is 2.00 bits per heavy atom. The van der Waals surface area contributed by atoms with Crippen LogP contribution in [0.5, 0.6) is 6.01 Å². The molecule has 1 aromatic carbocycles. The average molecular weight is 404 g/mol. The summed E-state index contributed by atoms with van der Waals surface area (Å²) in [7, 11) is 0. The summed E-state index contributed by atoms with van der Waals surface area (Å²) in [4.78, 5) is 4.41. The molecule has 2 aliphatic rings. The van der Waals surface area contributed by atoms with Crippen LogP contribution < -0.4 is 10.1 Å². The standard InChI is InChI=1S/C20H20N8O2/c1-4-23-28(5-1)18-3-2-15(16-8-22-26-19(16)18)17-9-21-20(27-25-17)30-14-6-12-10-29-11-13(7-14)24-12/h1-5,8-9,12-14,24H,6-7,10-11H2,(H,22,26)/t12-,13+,14?. The van der Waals surface area contributed by atoms with Crippen molar-refractivity contribution in [2.24, 2.45) is 0 Å². The second-order valence-corrected chi connectivity index (χ2v) is 7.68. The van der Waals surface area contributed by atoms with E-state index in [0.717, 1.165) is 48.2 Å². The fourth-order valence-electron chi connectivity index (χ4n) is 4.32. The van der Waals surface area contributed by atoms with E-state index in [0.29, 0.717) is 23.8 Å². The number of fused-ring (bicyclic) bond motifs is 3. The van der Waals surface area contributed by atoms with E-state index >= 15 is 0 Å². The molecule has 1 unspecified atom stereocenters. The van der Waals surface area contributed by atoms with Crippen LogP contribution in [0.1, 0.15) is 12.8 Å². The van der Waals surface area contributed by atoms with Crippen molar-refractivity contribution in [2.75, 3.05) is 13.2 Å². The third-order valence-electron chi connectivity index (χ3n) is 5.64. The second-order valence-electron chi connectivity index (χ2n) is 7.68. The van der Waals surface area contributed by atoms with E-state index in [9.17, 15) is 0 Å². The van der Waals surface area contributed by atoms with Crippen LogP contribution >= 0.6 is 0 Å². The normalized spacial score (nSPS) is 23.5. The highest BCUT2D eigenvalue weighted by molar-refractivity contribution is 5.97. The molecule has 2 aliphatic heterocycles. The van der Waals surface area contributed by atoms with Gasteiger partial charge in [-0.1, -0.05) is 5.10 Å². The zero-order valence-corrected chi connectivity index (χ0v) is 16.1. The molecule has 2 bridgehead atoms. The van der Waals surface area contributed by atoms with Crippen molar-refractivity contribution in [2.45, 2.75) is 31.0 Å². The van der Waals surface area contributed by atoms with E-state index in [1.807, 2.05) is 24.4 Å². The van der Waals surface area contributed by atoms with E-state index in [4.69, 9.17) is 9.47 Å². The first-order chi connectivity index (χ1) is 14.8. The number of hydrogen-bond acceptors (Lipinski definition) is 8. The van der Waals surface area contributed by atoms with Gasteiger partial charge in [0.15, 0.2) is 0 Å². The highest BCUT2D eigenvalue weighted by atomic mass is 16.5. The van der Waals surface area contributed by atoms with Gasteiger partial charge in [-0.3, -0.25) is 5.10 Å². The molecule has 6 rings (SSSR count). The Hall–Kier alpha value is -3.37. The number of aromatic amines is 1. The molecule has 5 heterocycles. The molecule has 2 N–H and O–H groups in total. The van der Waals surface area contributed by atoms with Crippen molar-refractivity contribution < 1.29 is 9.47 Å². The molecule has 10 nitrogen and oxygen atoms in total. The number of nitrogens with one attached hydrogen (secondary N) is 2. The first-order valence-electron chi connectivity index (χ1n) is 10.00. The van der Waals surface area contributed by atoms with Crippen LogP contribution in [0, 0.1) is 0 Å². The molecule has 152 valence electrons. The molecule has 2 fully saturated rings. The van der Waals surface area contributed by atoms with E-state index < -0.39 is 0 Å². The largest absolute Gasteiger partial charge is 0.459 e. The van der Waals surface area contributed by atoms with Gasteiger partial charge in [-0.15, -0.1) is 5.10 Å². The smallest absolute Gasteiger partial charge is 0.335 e. The lowest BCUT2D eigenvalue weighted by molar-refractivity contribution is -0.0145. The molecule has 0 spiro atoms. The zero-order chi connectivity index (χ0) is 19.9. The Morgan fingerprint density at radius 3 is 2.77 bits per heavy atom. The van der Waals surface area contributed by atoms with Crippen LogP contribution in [0.2, 0.25) is 0 Å². The van der Waals surface area contributed by atoms with Gasteiger partial charge in [0.2, 0.25) is 0 Å². The molecular formula is C20H20N8O2. The minimum atomic E-state index is 0.0757. The molecule has 0 saturated carbocycles. The maximum atomic E-state index is 6.01. The molecule has 30 heavy (non-hydrogen) atoms. The van der Waals surface area contributed by atoms with Gasteiger partial charge in [-0.2, -0.15) is 10.2 Å².